The van der Waals surface area contributed by atoms with Crippen LogP contribution in [-0.4, -0.2) is 33.1 Å². The summed E-state index contributed by atoms with van der Waals surface area (Å²) in [5.41, 5.74) is 2.91. The molecule has 178 valence electrons. The minimum Gasteiger partial charge on any atom is -0.393 e. The number of aliphatic hydroxyl groups is 3. The first kappa shape index (κ1) is 25.2. The molecule has 0 aromatic carbocycles. The molecule has 3 rings (SSSR count). The van der Waals surface area contributed by atoms with Crippen LogP contribution in [0.5, 0.6) is 0 Å². The molecule has 3 aliphatic rings. The van der Waals surface area contributed by atoms with Gasteiger partial charge in [0.2, 0.25) is 0 Å². The van der Waals surface area contributed by atoms with E-state index in [2.05, 4.69) is 44.7 Å². The Morgan fingerprint density at radius 2 is 1.94 bits per heavy atom. The first-order valence-corrected chi connectivity index (χ1v) is 12.5. The van der Waals surface area contributed by atoms with E-state index in [1.165, 1.54) is 25.7 Å². The number of hydrogen-bond donors (Lipinski definition) is 3. The van der Waals surface area contributed by atoms with Crippen LogP contribution in [0.1, 0.15) is 79.1 Å². The van der Waals surface area contributed by atoms with Gasteiger partial charge in [-0.15, -0.1) is 0 Å². The highest BCUT2D eigenvalue weighted by Gasteiger charge is 2.50. The van der Waals surface area contributed by atoms with E-state index in [1.54, 1.807) is 19.4 Å². The fourth-order valence-electron chi connectivity index (χ4n) is 6.51. The summed E-state index contributed by atoms with van der Waals surface area (Å²) in [6, 6.07) is 0. The van der Waals surface area contributed by atoms with Crippen molar-refractivity contribution >= 4 is 0 Å². The molecule has 0 saturated heterocycles. The van der Waals surface area contributed by atoms with Gasteiger partial charge in [0.15, 0.2) is 0 Å². The van der Waals surface area contributed by atoms with Crippen molar-refractivity contribution in [3.05, 3.63) is 59.8 Å². The second kappa shape index (κ2) is 10.2. The van der Waals surface area contributed by atoms with E-state index in [1.807, 2.05) is 12.2 Å². The average molecular weight is 441 g/mol. The van der Waals surface area contributed by atoms with E-state index >= 15 is 0 Å². The fraction of sp³-hybridized carbons (Fsp3) is 0.655. The summed E-state index contributed by atoms with van der Waals surface area (Å²) < 4.78 is 0. The van der Waals surface area contributed by atoms with Gasteiger partial charge in [-0.1, -0.05) is 62.5 Å². The molecule has 3 heteroatoms. The fourth-order valence-corrected chi connectivity index (χ4v) is 6.51. The van der Waals surface area contributed by atoms with Gasteiger partial charge < -0.3 is 15.3 Å². The van der Waals surface area contributed by atoms with Gasteiger partial charge in [0.1, 0.15) is 0 Å². The quantitative estimate of drug-likeness (QED) is 0.442. The van der Waals surface area contributed by atoms with Crippen LogP contribution in [0, 0.1) is 23.2 Å². The summed E-state index contributed by atoms with van der Waals surface area (Å²) in [5.74, 6) is 1.99. The molecule has 3 aliphatic carbocycles. The van der Waals surface area contributed by atoms with Crippen LogP contribution < -0.4 is 0 Å². The third-order valence-corrected chi connectivity index (χ3v) is 8.25. The predicted molar refractivity (Wildman–Crippen MR) is 133 cm³/mol. The minimum absolute atomic E-state index is 0.349. The van der Waals surface area contributed by atoms with Crippen LogP contribution in [-0.2, 0) is 0 Å². The van der Waals surface area contributed by atoms with Gasteiger partial charge in [-0.05, 0) is 93.1 Å². The molecule has 0 aromatic heterocycles. The lowest BCUT2D eigenvalue weighted by Crippen LogP contribution is -2.35. The normalized spacial score (nSPS) is 37.7. The summed E-state index contributed by atoms with van der Waals surface area (Å²) in [6.07, 6.45) is 19.7. The van der Waals surface area contributed by atoms with E-state index in [9.17, 15) is 15.3 Å². The summed E-state index contributed by atoms with van der Waals surface area (Å²) in [5, 5.41) is 30.0. The van der Waals surface area contributed by atoms with Crippen molar-refractivity contribution in [3.63, 3.8) is 0 Å². The minimum atomic E-state index is -0.761. The smallest absolute Gasteiger partial charge is 0.0811 e. The van der Waals surface area contributed by atoms with Gasteiger partial charge in [-0.25, -0.2) is 0 Å². The second-order valence-corrected chi connectivity index (χ2v) is 11.3. The molecule has 0 radical (unpaired) electrons. The van der Waals surface area contributed by atoms with Crippen molar-refractivity contribution in [2.45, 2.75) is 96.9 Å². The van der Waals surface area contributed by atoms with Crippen LogP contribution >= 0.6 is 0 Å². The van der Waals surface area contributed by atoms with E-state index in [0.717, 1.165) is 29.9 Å². The summed E-state index contributed by atoms with van der Waals surface area (Å²) in [7, 11) is 0. The van der Waals surface area contributed by atoms with Crippen LogP contribution in [0.4, 0.5) is 0 Å². The Labute approximate surface area is 195 Å². The van der Waals surface area contributed by atoms with E-state index in [4.69, 9.17) is 0 Å². The SMILES string of the molecule is C=C1C(=CC=C2CCC[C@]3(C)[C@@H]([C@H](C)CC=CC=CC(C)(C)O)CC[C@@H]23)C[C@@H](O)C[C@@H]1O. The highest BCUT2D eigenvalue weighted by atomic mass is 16.3. The molecule has 3 nitrogen and oxygen atoms in total. The van der Waals surface area contributed by atoms with Crippen molar-refractivity contribution in [1.82, 2.24) is 0 Å². The number of fused-ring (bicyclic) bond motifs is 1. The Hall–Kier alpha value is -1.42. The van der Waals surface area contributed by atoms with E-state index in [-0.39, 0.29) is 0 Å². The van der Waals surface area contributed by atoms with Crippen molar-refractivity contribution in [3.8, 4) is 0 Å². The van der Waals surface area contributed by atoms with Crippen molar-refractivity contribution in [2.75, 3.05) is 0 Å². The number of allylic oxidation sites excluding steroid dienone is 6. The zero-order chi connectivity index (χ0) is 23.5. The van der Waals surface area contributed by atoms with Gasteiger partial charge in [-0.3, -0.25) is 0 Å². The van der Waals surface area contributed by atoms with E-state index < -0.39 is 17.8 Å². The molecule has 6 atom stereocenters. The molecule has 0 unspecified atom stereocenters. The first-order chi connectivity index (χ1) is 15.0. The summed E-state index contributed by atoms with van der Waals surface area (Å²) in [4.78, 5) is 0. The van der Waals surface area contributed by atoms with Crippen molar-refractivity contribution in [1.29, 1.82) is 0 Å². The lowest BCUT2D eigenvalue weighted by Gasteiger charge is -2.44. The van der Waals surface area contributed by atoms with Gasteiger partial charge in [0, 0.05) is 6.42 Å². The Balaban J connectivity index is 1.68. The number of aliphatic hydroxyl groups excluding tert-OH is 2. The molecule has 0 spiro atoms. The third-order valence-electron chi connectivity index (χ3n) is 8.25. The Morgan fingerprint density at radius 3 is 2.66 bits per heavy atom. The molecule has 0 bridgehead atoms. The largest absolute Gasteiger partial charge is 0.393 e. The van der Waals surface area contributed by atoms with Crippen LogP contribution in [0.2, 0.25) is 0 Å². The first-order valence-electron chi connectivity index (χ1n) is 12.5. The zero-order valence-electron chi connectivity index (χ0n) is 20.6. The van der Waals surface area contributed by atoms with Crippen LogP contribution in [0.15, 0.2) is 59.8 Å². The highest BCUT2D eigenvalue weighted by Crippen LogP contribution is 2.59. The van der Waals surface area contributed by atoms with Crippen LogP contribution in [0.25, 0.3) is 0 Å². The number of hydrogen-bond acceptors (Lipinski definition) is 3. The Morgan fingerprint density at radius 1 is 1.19 bits per heavy atom. The molecule has 3 N–H and O–H groups in total. The summed E-state index contributed by atoms with van der Waals surface area (Å²) in [6.45, 7) is 12.6. The van der Waals surface area contributed by atoms with E-state index in [0.29, 0.717) is 30.1 Å². The standard InChI is InChI=1S/C29H44O3/c1-20(10-7-6-8-16-28(3,4)32)25-14-15-26-22(11-9-17-29(25,26)5)12-13-23-18-24(30)19-27(31)21(23)2/h6-8,12-13,16,20,24-27,30-32H,2,9-11,14-15,17-19H2,1,3-5H3/t20-,24-,25-,26+,27+,29-/m1/s1. The zero-order valence-corrected chi connectivity index (χ0v) is 20.6. The lowest BCUT2D eigenvalue weighted by molar-refractivity contribution is 0.0861. The van der Waals surface area contributed by atoms with Gasteiger partial charge in [-0.2, -0.15) is 0 Å². The summed E-state index contributed by atoms with van der Waals surface area (Å²) >= 11 is 0. The van der Waals surface area contributed by atoms with Gasteiger partial charge in [0.05, 0.1) is 17.8 Å². The van der Waals surface area contributed by atoms with Crippen molar-refractivity contribution < 1.29 is 15.3 Å². The molecule has 0 amide bonds. The maximum absolute atomic E-state index is 10.1. The molecular formula is C29H44O3. The maximum atomic E-state index is 10.1. The van der Waals surface area contributed by atoms with Crippen LogP contribution in [0.3, 0.4) is 0 Å². The monoisotopic (exact) mass is 440 g/mol. The Kier molecular flexibility index (Phi) is 8.06. The molecule has 3 saturated carbocycles. The highest BCUT2D eigenvalue weighted by molar-refractivity contribution is 5.38. The second-order valence-electron chi connectivity index (χ2n) is 11.3. The molecular weight excluding hydrogens is 396 g/mol. The number of rotatable bonds is 6. The molecule has 0 heterocycles. The van der Waals surface area contributed by atoms with Gasteiger partial charge >= 0.3 is 0 Å². The topological polar surface area (TPSA) is 60.7 Å². The third kappa shape index (κ3) is 5.92. The molecule has 3 fully saturated rings. The average Bonchev–Trinajstić information content (AvgIpc) is 3.06. The lowest BCUT2D eigenvalue weighted by atomic mass is 9.61. The van der Waals surface area contributed by atoms with Gasteiger partial charge in [0.25, 0.3) is 0 Å². The Bertz CT molecular complexity index is 794. The molecule has 0 aliphatic heterocycles. The van der Waals surface area contributed by atoms with Crippen molar-refractivity contribution in [2.24, 2.45) is 23.2 Å². The predicted octanol–water partition coefficient (Wildman–Crippen LogP) is 6.04. The molecule has 32 heavy (non-hydrogen) atoms. The molecule has 0 aromatic rings. The maximum Gasteiger partial charge on any atom is 0.0811 e.